The van der Waals surface area contributed by atoms with Gasteiger partial charge in [-0.2, -0.15) is 4.98 Å². The fraction of sp³-hybridized carbons (Fsp3) is 0.467. The van der Waals surface area contributed by atoms with Crippen molar-refractivity contribution < 1.29 is 4.52 Å². The molecule has 2 rings (SSSR count). The summed E-state index contributed by atoms with van der Waals surface area (Å²) in [6.07, 6.45) is 0. The summed E-state index contributed by atoms with van der Waals surface area (Å²) in [4.78, 5) is 4.40. The predicted molar refractivity (Wildman–Crippen MR) is 79.7 cm³/mol. The number of nitrogens with zero attached hydrogens (tertiary/aromatic N) is 2. The molecule has 1 atom stereocenters. The predicted octanol–water partition coefficient (Wildman–Crippen LogP) is 3.87. The Morgan fingerprint density at radius 1 is 1.30 bits per heavy atom. The van der Waals surface area contributed by atoms with E-state index in [4.69, 9.17) is 16.1 Å². The number of benzene rings is 1. The zero-order valence-corrected chi connectivity index (χ0v) is 13.0. The van der Waals surface area contributed by atoms with Gasteiger partial charge in [0.25, 0.3) is 0 Å². The third-order valence-electron chi connectivity index (χ3n) is 3.07. The van der Waals surface area contributed by atoms with Crippen molar-refractivity contribution in [2.45, 2.75) is 45.7 Å². The first-order chi connectivity index (χ1) is 9.38. The van der Waals surface area contributed by atoms with Crippen LogP contribution in [0.2, 0.25) is 5.02 Å². The van der Waals surface area contributed by atoms with Crippen molar-refractivity contribution in [3.63, 3.8) is 0 Å². The van der Waals surface area contributed by atoms with Crippen molar-refractivity contribution in [3.05, 3.63) is 46.6 Å². The lowest BCUT2D eigenvalue weighted by Crippen LogP contribution is -2.19. The molecule has 1 aromatic carbocycles. The third-order valence-corrected chi connectivity index (χ3v) is 3.41. The Bertz CT molecular complexity index is 574. The quantitative estimate of drug-likeness (QED) is 0.929. The molecular weight excluding hydrogens is 274 g/mol. The lowest BCUT2D eigenvalue weighted by molar-refractivity contribution is 0.349. The highest BCUT2D eigenvalue weighted by Crippen LogP contribution is 2.23. The molecule has 0 spiro atoms. The number of hydrogen-bond acceptors (Lipinski definition) is 4. The molecule has 0 aliphatic carbocycles. The summed E-state index contributed by atoms with van der Waals surface area (Å²) >= 11 is 6.17. The maximum Gasteiger partial charge on any atom is 0.240 e. The second-order valence-electron chi connectivity index (χ2n) is 5.89. The molecule has 2 aromatic rings. The standard InChI is InChI=1S/C15H20ClN3O/c1-10(11-7-5-6-8-12(11)16)17-9-13-18-14(19-20-13)15(2,3)4/h5-8,10,17H,9H2,1-4H3/t10-/m0/s1. The molecule has 0 aliphatic rings. The van der Waals surface area contributed by atoms with Gasteiger partial charge in [-0.1, -0.05) is 55.7 Å². The van der Waals surface area contributed by atoms with Gasteiger partial charge in [0.1, 0.15) is 0 Å². The van der Waals surface area contributed by atoms with Crippen LogP contribution >= 0.6 is 11.6 Å². The van der Waals surface area contributed by atoms with Crippen LogP contribution in [0, 0.1) is 0 Å². The normalized spacial score (nSPS) is 13.4. The Labute approximate surface area is 124 Å². The van der Waals surface area contributed by atoms with Crippen LogP contribution in [0.5, 0.6) is 0 Å². The van der Waals surface area contributed by atoms with E-state index >= 15 is 0 Å². The highest BCUT2D eigenvalue weighted by Gasteiger charge is 2.21. The molecule has 0 bridgehead atoms. The summed E-state index contributed by atoms with van der Waals surface area (Å²) in [5.74, 6) is 1.31. The van der Waals surface area contributed by atoms with Crippen LogP contribution < -0.4 is 5.32 Å². The molecule has 0 aliphatic heterocycles. The first-order valence-electron chi connectivity index (χ1n) is 6.69. The Morgan fingerprint density at radius 3 is 2.60 bits per heavy atom. The first-order valence-corrected chi connectivity index (χ1v) is 7.06. The summed E-state index contributed by atoms with van der Waals surface area (Å²) in [6.45, 7) is 8.75. The number of aromatic nitrogens is 2. The minimum absolute atomic E-state index is 0.101. The van der Waals surface area contributed by atoms with E-state index in [-0.39, 0.29) is 11.5 Å². The lowest BCUT2D eigenvalue weighted by Gasteiger charge is -2.14. The lowest BCUT2D eigenvalue weighted by atomic mass is 9.96. The second-order valence-corrected chi connectivity index (χ2v) is 6.29. The van der Waals surface area contributed by atoms with E-state index in [1.165, 1.54) is 0 Å². The SMILES string of the molecule is C[C@H](NCc1nc(C(C)(C)C)no1)c1ccccc1Cl. The first kappa shape index (κ1) is 15.0. The van der Waals surface area contributed by atoms with Crippen LogP contribution in [0.4, 0.5) is 0 Å². The van der Waals surface area contributed by atoms with Crippen LogP contribution in [0.15, 0.2) is 28.8 Å². The minimum atomic E-state index is -0.101. The maximum absolute atomic E-state index is 6.17. The van der Waals surface area contributed by atoms with Crippen molar-refractivity contribution in [2.75, 3.05) is 0 Å². The fourth-order valence-corrected chi connectivity index (χ4v) is 2.11. The highest BCUT2D eigenvalue weighted by molar-refractivity contribution is 6.31. The van der Waals surface area contributed by atoms with E-state index in [1.807, 2.05) is 24.3 Å². The highest BCUT2D eigenvalue weighted by atomic mass is 35.5. The zero-order valence-electron chi connectivity index (χ0n) is 12.3. The Kier molecular flexibility index (Phi) is 4.45. The van der Waals surface area contributed by atoms with Crippen molar-refractivity contribution in [3.8, 4) is 0 Å². The van der Waals surface area contributed by atoms with Gasteiger partial charge in [0, 0.05) is 16.5 Å². The zero-order chi connectivity index (χ0) is 14.8. The summed E-state index contributed by atoms with van der Waals surface area (Å²) < 4.78 is 5.25. The van der Waals surface area contributed by atoms with E-state index in [2.05, 4.69) is 43.2 Å². The molecule has 4 nitrogen and oxygen atoms in total. The fourth-order valence-electron chi connectivity index (χ4n) is 1.81. The molecule has 1 heterocycles. The van der Waals surface area contributed by atoms with Crippen LogP contribution in [-0.4, -0.2) is 10.1 Å². The smallest absolute Gasteiger partial charge is 0.240 e. The second kappa shape index (κ2) is 5.94. The van der Waals surface area contributed by atoms with Gasteiger partial charge in [0.2, 0.25) is 5.89 Å². The van der Waals surface area contributed by atoms with Gasteiger partial charge in [-0.15, -0.1) is 0 Å². The average molecular weight is 294 g/mol. The molecule has 0 saturated heterocycles. The molecule has 5 heteroatoms. The molecule has 20 heavy (non-hydrogen) atoms. The topological polar surface area (TPSA) is 51.0 Å². The molecular formula is C15H20ClN3O. The van der Waals surface area contributed by atoms with E-state index < -0.39 is 0 Å². The molecule has 0 fully saturated rings. The van der Waals surface area contributed by atoms with Gasteiger partial charge in [-0.3, -0.25) is 0 Å². The molecule has 0 amide bonds. The molecule has 0 radical (unpaired) electrons. The van der Waals surface area contributed by atoms with Gasteiger partial charge in [-0.05, 0) is 18.6 Å². The number of rotatable bonds is 4. The monoisotopic (exact) mass is 293 g/mol. The summed E-state index contributed by atoms with van der Waals surface area (Å²) in [6, 6.07) is 7.91. The largest absolute Gasteiger partial charge is 0.338 e. The van der Waals surface area contributed by atoms with Crippen molar-refractivity contribution in [2.24, 2.45) is 0 Å². The van der Waals surface area contributed by atoms with Gasteiger partial charge in [0.15, 0.2) is 5.82 Å². The van der Waals surface area contributed by atoms with Crippen molar-refractivity contribution in [1.29, 1.82) is 0 Å². The Hall–Kier alpha value is -1.39. The van der Waals surface area contributed by atoms with E-state index in [1.54, 1.807) is 0 Å². The molecule has 0 unspecified atom stereocenters. The third kappa shape index (κ3) is 3.58. The van der Waals surface area contributed by atoms with Gasteiger partial charge < -0.3 is 9.84 Å². The van der Waals surface area contributed by atoms with E-state index in [0.29, 0.717) is 12.4 Å². The van der Waals surface area contributed by atoms with Crippen LogP contribution in [0.3, 0.4) is 0 Å². The van der Waals surface area contributed by atoms with Crippen molar-refractivity contribution in [1.82, 2.24) is 15.5 Å². The van der Waals surface area contributed by atoms with Gasteiger partial charge in [0.05, 0.1) is 6.54 Å². The summed E-state index contributed by atoms with van der Waals surface area (Å²) in [5, 5.41) is 8.10. The van der Waals surface area contributed by atoms with Crippen LogP contribution in [0.1, 0.15) is 51.0 Å². The maximum atomic E-state index is 6.17. The minimum Gasteiger partial charge on any atom is -0.338 e. The van der Waals surface area contributed by atoms with Crippen molar-refractivity contribution >= 4 is 11.6 Å². The average Bonchev–Trinajstić information content (AvgIpc) is 2.85. The molecule has 108 valence electrons. The van der Waals surface area contributed by atoms with Crippen LogP contribution in [-0.2, 0) is 12.0 Å². The molecule has 0 saturated carbocycles. The molecule has 1 N–H and O–H groups in total. The summed E-state index contributed by atoms with van der Waals surface area (Å²) in [5.41, 5.74) is 0.959. The Morgan fingerprint density at radius 2 is 2.00 bits per heavy atom. The van der Waals surface area contributed by atoms with Gasteiger partial charge in [-0.25, -0.2) is 0 Å². The van der Waals surface area contributed by atoms with E-state index in [9.17, 15) is 0 Å². The number of nitrogens with one attached hydrogen (secondary N) is 1. The molecule has 1 aromatic heterocycles. The summed E-state index contributed by atoms with van der Waals surface area (Å²) in [7, 11) is 0. The Balaban J connectivity index is 1.99. The van der Waals surface area contributed by atoms with Crippen LogP contribution in [0.25, 0.3) is 0 Å². The van der Waals surface area contributed by atoms with E-state index in [0.717, 1.165) is 16.4 Å². The number of hydrogen-bond donors (Lipinski definition) is 1. The van der Waals surface area contributed by atoms with Gasteiger partial charge >= 0.3 is 0 Å². The number of halogens is 1.